The fourth-order valence-electron chi connectivity index (χ4n) is 4.46. The van der Waals surface area contributed by atoms with E-state index in [9.17, 15) is 36.2 Å². The van der Waals surface area contributed by atoms with Gasteiger partial charge in [-0.25, -0.2) is 9.78 Å². The molecule has 2 unspecified atom stereocenters. The molecule has 0 spiro atoms. The molecule has 11 heteroatoms. The number of aromatic nitrogens is 1. The van der Waals surface area contributed by atoms with Crippen LogP contribution in [0.25, 0.3) is 0 Å². The van der Waals surface area contributed by atoms with Gasteiger partial charge >= 0.3 is 18.3 Å². The van der Waals surface area contributed by atoms with E-state index in [2.05, 4.69) is 4.98 Å². The Labute approximate surface area is 178 Å². The maximum atomic E-state index is 12.9. The van der Waals surface area contributed by atoms with E-state index in [1.54, 1.807) is 0 Å². The van der Waals surface area contributed by atoms with Crippen LogP contribution in [0.1, 0.15) is 47.2 Å². The van der Waals surface area contributed by atoms with Gasteiger partial charge in [0.25, 0.3) is 0 Å². The molecule has 2 aliphatic heterocycles. The van der Waals surface area contributed by atoms with Crippen molar-refractivity contribution in [2.45, 2.75) is 56.2 Å². The number of ether oxygens (including phenoxy) is 1. The lowest BCUT2D eigenvalue weighted by Gasteiger charge is -2.39. The van der Waals surface area contributed by atoms with E-state index >= 15 is 0 Å². The second kappa shape index (κ2) is 7.86. The third-order valence-corrected chi connectivity index (χ3v) is 5.86. The first-order valence-corrected chi connectivity index (χ1v) is 9.86. The predicted octanol–water partition coefficient (Wildman–Crippen LogP) is 5.40. The quantitative estimate of drug-likeness (QED) is 0.620. The third-order valence-electron chi connectivity index (χ3n) is 5.86. The number of anilines is 1. The zero-order valence-corrected chi connectivity index (χ0v) is 16.5. The number of rotatable bonds is 4. The number of pyridine rings is 1. The molecular weight excluding hydrogens is 442 g/mol. The summed E-state index contributed by atoms with van der Waals surface area (Å²) in [7, 11) is 0. The number of piperidine rings is 1. The molecule has 1 aromatic heterocycles. The first-order valence-electron chi connectivity index (χ1n) is 9.86. The molecule has 1 aromatic carbocycles. The molecular formula is C21H18F6N2O3. The predicted molar refractivity (Wildman–Crippen MR) is 101 cm³/mol. The van der Waals surface area contributed by atoms with Crippen LogP contribution in [0.5, 0.6) is 5.75 Å². The standard InChI is InChI=1S/C21H18F6N2O3/c22-20(23,24)11-1-5-17(16(7-11)19(30)31)32-15-8-13-3-4-14(9-15)29(13)18-6-2-12(10-28-18)21(25,26)27/h1-2,5-7,10,13-15H,3-4,8-9H2,(H,30,31)/t13-,14?,15?/m0/s1. The van der Waals surface area contributed by atoms with Crippen molar-refractivity contribution < 1.29 is 41.0 Å². The molecule has 0 aliphatic carbocycles. The minimum absolute atomic E-state index is 0.0780. The number of carboxylic acid groups (broad SMARTS) is 1. The topological polar surface area (TPSA) is 62.7 Å². The summed E-state index contributed by atoms with van der Waals surface area (Å²) in [4.78, 5) is 17.4. The molecule has 5 nitrogen and oxygen atoms in total. The average molecular weight is 460 g/mol. The number of halogens is 6. The summed E-state index contributed by atoms with van der Waals surface area (Å²) in [6.45, 7) is 0. The minimum atomic E-state index is -4.68. The summed E-state index contributed by atoms with van der Waals surface area (Å²) in [6, 6.07) is 4.49. The maximum absolute atomic E-state index is 12.9. The second-order valence-electron chi connectivity index (χ2n) is 7.92. The van der Waals surface area contributed by atoms with Crippen LogP contribution in [-0.2, 0) is 12.4 Å². The van der Waals surface area contributed by atoms with Crippen LogP contribution in [0.3, 0.4) is 0 Å². The molecule has 2 saturated heterocycles. The van der Waals surface area contributed by atoms with E-state index in [0.29, 0.717) is 24.7 Å². The lowest BCUT2D eigenvalue weighted by atomic mass is 9.99. The van der Waals surface area contributed by atoms with Gasteiger partial charge in [0.15, 0.2) is 0 Å². The number of aromatic carboxylic acids is 1. The number of alkyl halides is 6. The van der Waals surface area contributed by atoms with Crippen LogP contribution in [0, 0.1) is 0 Å². The van der Waals surface area contributed by atoms with Gasteiger partial charge in [0.1, 0.15) is 23.2 Å². The molecule has 2 bridgehead atoms. The average Bonchev–Trinajstić information content (AvgIpc) is 2.97. The van der Waals surface area contributed by atoms with E-state index in [1.807, 2.05) is 4.90 Å². The smallest absolute Gasteiger partial charge is 0.417 e. The maximum Gasteiger partial charge on any atom is 0.417 e. The van der Waals surface area contributed by atoms with Crippen molar-refractivity contribution in [2.75, 3.05) is 4.90 Å². The Kier molecular flexibility index (Phi) is 5.46. The van der Waals surface area contributed by atoms with E-state index in [-0.39, 0.29) is 17.8 Å². The van der Waals surface area contributed by atoms with Gasteiger partial charge in [0.05, 0.1) is 11.1 Å². The Morgan fingerprint density at radius 2 is 1.56 bits per heavy atom. The number of nitrogens with zero attached hydrogens (tertiary/aromatic N) is 2. The molecule has 0 radical (unpaired) electrons. The van der Waals surface area contributed by atoms with E-state index < -0.39 is 41.1 Å². The van der Waals surface area contributed by atoms with Crippen LogP contribution < -0.4 is 9.64 Å². The normalized spacial score (nSPS) is 23.3. The molecule has 172 valence electrons. The van der Waals surface area contributed by atoms with Gasteiger partial charge in [-0.05, 0) is 43.2 Å². The van der Waals surface area contributed by atoms with Crippen molar-refractivity contribution in [1.82, 2.24) is 4.98 Å². The first-order chi connectivity index (χ1) is 14.9. The van der Waals surface area contributed by atoms with Gasteiger partial charge in [-0.1, -0.05) is 0 Å². The van der Waals surface area contributed by atoms with Gasteiger partial charge in [-0.15, -0.1) is 0 Å². The second-order valence-corrected chi connectivity index (χ2v) is 7.92. The van der Waals surface area contributed by atoms with Gasteiger partial charge in [0.2, 0.25) is 0 Å². The summed E-state index contributed by atoms with van der Waals surface area (Å²) in [5.41, 5.74) is -2.49. The van der Waals surface area contributed by atoms with Gasteiger partial charge in [0, 0.05) is 31.1 Å². The Morgan fingerprint density at radius 3 is 2.06 bits per heavy atom. The van der Waals surface area contributed by atoms with Crippen molar-refractivity contribution in [3.05, 3.63) is 53.2 Å². The summed E-state index contributed by atoms with van der Waals surface area (Å²) < 4.78 is 82.9. The summed E-state index contributed by atoms with van der Waals surface area (Å²) in [6.07, 6.45) is -6.40. The molecule has 3 heterocycles. The van der Waals surface area contributed by atoms with Crippen molar-refractivity contribution in [2.24, 2.45) is 0 Å². The van der Waals surface area contributed by atoms with Gasteiger partial charge in [-0.2, -0.15) is 26.3 Å². The third kappa shape index (κ3) is 4.33. The molecule has 3 atom stereocenters. The van der Waals surface area contributed by atoms with Crippen molar-refractivity contribution in [3.8, 4) is 5.75 Å². The van der Waals surface area contributed by atoms with Crippen LogP contribution in [-0.4, -0.2) is 34.2 Å². The highest BCUT2D eigenvalue weighted by Crippen LogP contribution is 2.41. The van der Waals surface area contributed by atoms with Gasteiger partial charge < -0.3 is 14.7 Å². The fraction of sp³-hybridized carbons (Fsp3) is 0.429. The number of carboxylic acids is 1. The molecule has 0 saturated carbocycles. The first kappa shape index (κ1) is 22.2. The molecule has 2 fully saturated rings. The monoisotopic (exact) mass is 460 g/mol. The molecule has 0 amide bonds. The van der Waals surface area contributed by atoms with Crippen LogP contribution >= 0.6 is 0 Å². The molecule has 2 aliphatic rings. The minimum Gasteiger partial charge on any atom is -0.489 e. The number of fused-ring (bicyclic) bond motifs is 2. The Bertz CT molecular complexity index is 992. The lowest BCUT2D eigenvalue weighted by Crippen LogP contribution is -2.47. The zero-order chi connectivity index (χ0) is 23.3. The zero-order valence-electron chi connectivity index (χ0n) is 16.5. The fourth-order valence-corrected chi connectivity index (χ4v) is 4.46. The van der Waals surface area contributed by atoms with Gasteiger partial charge in [-0.3, -0.25) is 0 Å². The Hall–Kier alpha value is -2.98. The van der Waals surface area contributed by atoms with E-state index in [4.69, 9.17) is 4.74 Å². The Morgan fingerprint density at radius 1 is 0.969 bits per heavy atom. The van der Waals surface area contributed by atoms with Crippen LogP contribution in [0.15, 0.2) is 36.5 Å². The number of hydrogen-bond donors (Lipinski definition) is 1. The number of benzene rings is 1. The van der Waals surface area contributed by atoms with E-state index in [0.717, 1.165) is 37.2 Å². The SMILES string of the molecule is O=C(O)c1cc(C(F)(F)F)ccc1OC1CC2CC[C@@H](C1)N2c1ccc(C(F)(F)F)cn1. The molecule has 32 heavy (non-hydrogen) atoms. The van der Waals surface area contributed by atoms with Crippen molar-refractivity contribution in [3.63, 3.8) is 0 Å². The Balaban J connectivity index is 1.50. The molecule has 4 rings (SSSR count). The summed E-state index contributed by atoms with van der Waals surface area (Å²) >= 11 is 0. The molecule has 2 aromatic rings. The van der Waals surface area contributed by atoms with Crippen LogP contribution in [0.4, 0.5) is 32.2 Å². The number of carbonyl (C=O) groups is 1. The van der Waals surface area contributed by atoms with E-state index in [1.165, 1.54) is 6.07 Å². The van der Waals surface area contributed by atoms with Crippen molar-refractivity contribution >= 4 is 11.8 Å². The largest absolute Gasteiger partial charge is 0.489 e. The van der Waals surface area contributed by atoms with Crippen LogP contribution in [0.2, 0.25) is 0 Å². The van der Waals surface area contributed by atoms with Crippen molar-refractivity contribution in [1.29, 1.82) is 0 Å². The summed E-state index contributed by atoms with van der Waals surface area (Å²) in [5, 5.41) is 9.33. The highest BCUT2D eigenvalue weighted by molar-refractivity contribution is 5.91. The highest BCUT2D eigenvalue weighted by Gasteiger charge is 2.43. The number of hydrogen-bond acceptors (Lipinski definition) is 4. The lowest BCUT2D eigenvalue weighted by molar-refractivity contribution is -0.138. The summed E-state index contributed by atoms with van der Waals surface area (Å²) in [5.74, 6) is -1.25. The highest BCUT2D eigenvalue weighted by atomic mass is 19.4. The molecule has 1 N–H and O–H groups in total.